The highest BCUT2D eigenvalue weighted by molar-refractivity contribution is 9.10. The van der Waals surface area contributed by atoms with Gasteiger partial charge in [-0.15, -0.1) is 11.8 Å². The fourth-order valence-corrected chi connectivity index (χ4v) is 3.50. The van der Waals surface area contributed by atoms with Crippen molar-refractivity contribution in [2.24, 2.45) is 0 Å². The summed E-state index contributed by atoms with van der Waals surface area (Å²) in [5.41, 5.74) is 1.34. The summed E-state index contributed by atoms with van der Waals surface area (Å²) < 4.78 is 1.21. The lowest BCUT2D eigenvalue weighted by Gasteiger charge is -2.15. The Morgan fingerprint density at radius 3 is 2.68 bits per heavy atom. The van der Waals surface area contributed by atoms with Crippen molar-refractivity contribution in [3.05, 3.63) is 28.2 Å². The number of nitrogens with zero attached hydrogens (tertiary/aromatic N) is 1. The number of nitrogens with one attached hydrogen (secondary N) is 1. The molecule has 0 heterocycles. The maximum absolute atomic E-state index is 3.69. The zero-order chi connectivity index (χ0) is 14.3. The molecule has 2 nitrogen and oxygen atoms in total. The van der Waals surface area contributed by atoms with Gasteiger partial charge in [0.2, 0.25) is 0 Å². The van der Waals surface area contributed by atoms with Gasteiger partial charge in [0, 0.05) is 27.7 Å². The molecule has 0 spiro atoms. The van der Waals surface area contributed by atoms with Crippen LogP contribution in [-0.2, 0) is 0 Å². The molecule has 1 aromatic carbocycles. The Hall–Kier alpha value is -0.0300. The van der Waals surface area contributed by atoms with Crippen LogP contribution >= 0.6 is 27.7 Å². The number of hydrogen-bond acceptors (Lipinski definition) is 3. The molecule has 0 fully saturated rings. The summed E-state index contributed by atoms with van der Waals surface area (Å²) in [6.45, 7) is 6.59. The normalized spacial score (nSPS) is 12.9. The summed E-state index contributed by atoms with van der Waals surface area (Å²) in [6.07, 6.45) is 1.17. The van der Waals surface area contributed by atoms with E-state index < -0.39 is 0 Å². The van der Waals surface area contributed by atoms with Crippen molar-refractivity contribution in [1.82, 2.24) is 10.2 Å². The average molecular weight is 345 g/mol. The molecule has 0 aliphatic rings. The van der Waals surface area contributed by atoms with E-state index in [-0.39, 0.29) is 0 Å². The van der Waals surface area contributed by atoms with Crippen molar-refractivity contribution < 1.29 is 0 Å². The molecular formula is C15H25BrN2S. The molecule has 0 bridgehead atoms. The summed E-state index contributed by atoms with van der Waals surface area (Å²) in [7, 11) is 4.22. The summed E-state index contributed by atoms with van der Waals surface area (Å²) in [6, 6.07) is 7.11. The van der Waals surface area contributed by atoms with E-state index in [9.17, 15) is 0 Å². The molecule has 1 rings (SSSR count). The topological polar surface area (TPSA) is 15.3 Å². The minimum Gasteiger partial charge on any atom is -0.310 e. The van der Waals surface area contributed by atoms with Crippen LogP contribution in [0.5, 0.6) is 0 Å². The Bertz CT molecular complexity index is 382. The van der Waals surface area contributed by atoms with Crippen LogP contribution in [0.25, 0.3) is 0 Å². The third kappa shape index (κ3) is 6.30. The fraction of sp³-hybridized carbons (Fsp3) is 0.600. The van der Waals surface area contributed by atoms with Gasteiger partial charge in [0.15, 0.2) is 0 Å². The summed E-state index contributed by atoms with van der Waals surface area (Å²) in [4.78, 5) is 3.54. The SMILES string of the molecule is CCCNC(C)c1ccc(SCCN(C)C)c(Br)c1. The first-order chi connectivity index (χ1) is 9.04. The number of rotatable bonds is 8. The van der Waals surface area contributed by atoms with Crippen LogP contribution in [0.3, 0.4) is 0 Å². The van der Waals surface area contributed by atoms with Gasteiger partial charge in [0.25, 0.3) is 0 Å². The third-order valence-corrected chi connectivity index (χ3v) is 4.92. The third-order valence-electron chi connectivity index (χ3n) is 2.95. The maximum atomic E-state index is 3.69. The highest BCUT2D eigenvalue weighted by atomic mass is 79.9. The second-order valence-corrected chi connectivity index (χ2v) is 7.01. The van der Waals surface area contributed by atoms with Gasteiger partial charge in [-0.3, -0.25) is 0 Å². The van der Waals surface area contributed by atoms with E-state index in [1.165, 1.54) is 21.4 Å². The molecule has 0 aliphatic heterocycles. The highest BCUT2D eigenvalue weighted by Crippen LogP contribution is 2.30. The number of hydrogen-bond donors (Lipinski definition) is 1. The lowest BCUT2D eigenvalue weighted by atomic mass is 10.1. The summed E-state index contributed by atoms with van der Waals surface area (Å²) in [5.74, 6) is 1.12. The molecule has 1 aromatic rings. The van der Waals surface area contributed by atoms with E-state index in [1.54, 1.807) is 0 Å². The zero-order valence-electron chi connectivity index (χ0n) is 12.4. The van der Waals surface area contributed by atoms with Crippen LogP contribution in [0.2, 0.25) is 0 Å². The van der Waals surface area contributed by atoms with Crippen LogP contribution in [0.4, 0.5) is 0 Å². The van der Waals surface area contributed by atoms with Crippen LogP contribution in [0.15, 0.2) is 27.6 Å². The minimum absolute atomic E-state index is 0.414. The number of benzene rings is 1. The Balaban J connectivity index is 2.58. The predicted octanol–water partition coefficient (Wildman–Crippen LogP) is 4.16. The van der Waals surface area contributed by atoms with Crippen LogP contribution in [0.1, 0.15) is 31.9 Å². The molecule has 0 radical (unpaired) electrons. The van der Waals surface area contributed by atoms with E-state index >= 15 is 0 Å². The molecule has 0 amide bonds. The van der Waals surface area contributed by atoms with E-state index in [1.807, 2.05) is 11.8 Å². The summed E-state index contributed by atoms with van der Waals surface area (Å²) >= 11 is 5.59. The van der Waals surface area contributed by atoms with Gasteiger partial charge >= 0.3 is 0 Å². The smallest absolute Gasteiger partial charge is 0.0314 e. The first kappa shape index (κ1) is 17.0. The van der Waals surface area contributed by atoms with Crippen LogP contribution in [0, 0.1) is 0 Å². The Kier molecular flexibility index (Phi) is 8.07. The van der Waals surface area contributed by atoms with Gasteiger partial charge < -0.3 is 10.2 Å². The van der Waals surface area contributed by atoms with Crippen molar-refractivity contribution >= 4 is 27.7 Å². The molecule has 1 atom stereocenters. The molecular weight excluding hydrogens is 320 g/mol. The first-order valence-corrected chi connectivity index (χ1v) is 8.62. The second kappa shape index (κ2) is 9.01. The molecule has 0 saturated heterocycles. The van der Waals surface area contributed by atoms with Crippen molar-refractivity contribution in [2.75, 3.05) is 32.9 Å². The molecule has 0 aliphatic carbocycles. The molecule has 19 heavy (non-hydrogen) atoms. The van der Waals surface area contributed by atoms with Gasteiger partial charge in [-0.1, -0.05) is 13.0 Å². The maximum Gasteiger partial charge on any atom is 0.0314 e. The molecule has 108 valence electrons. The Labute approximate surface area is 130 Å². The Morgan fingerprint density at radius 2 is 2.11 bits per heavy atom. The molecule has 1 unspecified atom stereocenters. The van der Waals surface area contributed by atoms with E-state index in [0.29, 0.717) is 6.04 Å². The standard InChI is InChI=1S/C15H25BrN2S/c1-5-8-17-12(2)13-6-7-15(14(16)11-13)19-10-9-18(3)4/h6-7,11-12,17H,5,8-10H2,1-4H3. The van der Waals surface area contributed by atoms with Gasteiger partial charge in [0.1, 0.15) is 0 Å². The number of halogens is 1. The van der Waals surface area contributed by atoms with Gasteiger partial charge in [0.05, 0.1) is 0 Å². The average Bonchev–Trinajstić information content (AvgIpc) is 2.37. The van der Waals surface area contributed by atoms with Crippen molar-refractivity contribution in [3.63, 3.8) is 0 Å². The van der Waals surface area contributed by atoms with E-state index in [2.05, 4.69) is 72.3 Å². The quantitative estimate of drug-likeness (QED) is 0.712. The van der Waals surface area contributed by atoms with Gasteiger partial charge in [-0.2, -0.15) is 0 Å². The van der Waals surface area contributed by atoms with Gasteiger partial charge in [-0.25, -0.2) is 0 Å². The van der Waals surface area contributed by atoms with Crippen LogP contribution < -0.4 is 5.32 Å². The van der Waals surface area contributed by atoms with E-state index in [4.69, 9.17) is 0 Å². The highest BCUT2D eigenvalue weighted by Gasteiger charge is 2.07. The molecule has 4 heteroatoms. The lowest BCUT2D eigenvalue weighted by Crippen LogP contribution is -2.19. The lowest BCUT2D eigenvalue weighted by molar-refractivity contribution is 0.437. The predicted molar refractivity (Wildman–Crippen MR) is 90.1 cm³/mol. The van der Waals surface area contributed by atoms with Crippen molar-refractivity contribution in [3.8, 4) is 0 Å². The number of thioether (sulfide) groups is 1. The van der Waals surface area contributed by atoms with E-state index in [0.717, 1.165) is 18.8 Å². The summed E-state index contributed by atoms with van der Waals surface area (Å²) in [5, 5.41) is 3.52. The second-order valence-electron chi connectivity index (χ2n) is 5.02. The molecule has 0 saturated carbocycles. The van der Waals surface area contributed by atoms with Crippen molar-refractivity contribution in [2.45, 2.75) is 31.2 Å². The molecule has 0 aromatic heterocycles. The Morgan fingerprint density at radius 1 is 1.37 bits per heavy atom. The minimum atomic E-state index is 0.414. The van der Waals surface area contributed by atoms with Gasteiger partial charge in [-0.05, 0) is 67.6 Å². The van der Waals surface area contributed by atoms with Crippen LogP contribution in [-0.4, -0.2) is 37.8 Å². The fourth-order valence-electron chi connectivity index (χ4n) is 1.72. The zero-order valence-corrected chi connectivity index (χ0v) is 14.8. The monoisotopic (exact) mass is 344 g/mol. The van der Waals surface area contributed by atoms with Crippen molar-refractivity contribution in [1.29, 1.82) is 0 Å². The first-order valence-electron chi connectivity index (χ1n) is 6.85. The molecule has 1 N–H and O–H groups in total. The largest absolute Gasteiger partial charge is 0.310 e.